The second-order valence-electron chi connectivity index (χ2n) is 2.50. The normalized spacial score (nSPS) is 12.9. The lowest BCUT2D eigenvalue weighted by Gasteiger charge is -2.02. The van der Waals surface area contributed by atoms with Crippen molar-refractivity contribution >= 4 is 10.7 Å². The molecule has 11 heavy (non-hydrogen) atoms. The van der Waals surface area contributed by atoms with Gasteiger partial charge in [-0.2, -0.15) is 0 Å². The Morgan fingerprint density at radius 2 is 2.18 bits per heavy atom. The molecule has 0 heterocycles. The highest BCUT2D eigenvalue weighted by atomic mass is 32.2. The first-order valence-electron chi connectivity index (χ1n) is 3.73. The minimum absolute atomic E-state index is 0.301. The average molecular weight is 167 g/mol. The molecule has 0 radical (unpaired) electrons. The number of hydrogen-bond acceptors (Lipinski definition) is 1. The minimum atomic E-state index is -0.301. The van der Waals surface area contributed by atoms with E-state index in [1.54, 1.807) is 0 Å². The summed E-state index contributed by atoms with van der Waals surface area (Å²) in [6.07, 6.45) is 0. The highest BCUT2D eigenvalue weighted by Gasteiger charge is 1.94. The van der Waals surface area contributed by atoms with Gasteiger partial charge >= 0.3 is 0 Å². The van der Waals surface area contributed by atoms with Gasteiger partial charge in [0.25, 0.3) is 0 Å². The maximum atomic E-state index is 7.69. The van der Waals surface area contributed by atoms with E-state index in [9.17, 15) is 0 Å². The molecule has 1 N–H and O–H groups in total. The summed E-state index contributed by atoms with van der Waals surface area (Å²) in [4.78, 5) is 1.16. The van der Waals surface area contributed by atoms with Gasteiger partial charge in [0.2, 0.25) is 0 Å². The predicted octanol–water partition coefficient (Wildman–Crippen LogP) is 2.75. The van der Waals surface area contributed by atoms with E-state index in [-0.39, 0.29) is 10.7 Å². The first-order chi connectivity index (χ1) is 5.24. The van der Waals surface area contributed by atoms with Crippen molar-refractivity contribution in [3.05, 3.63) is 29.8 Å². The van der Waals surface area contributed by atoms with E-state index < -0.39 is 0 Å². The van der Waals surface area contributed by atoms with Crippen LogP contribution in [0.1, 0.15) is 12.5 Å². The Hall–Kier alpha value is -0.630. The molecule has 0 aliphatic heterocycles. The monoisotopic (exact) mass is 167 g/mol. The van der Waals surface area contributed by atoms with Gasteiger partial charge in [-0.15, -0.1) is 0 Å². The van der Waals surface area contributed by atoms with Crippen LogP contribution in [0.25, 0.3) is 0 Å². The van der Waals surface area contributed by atoms with Gasteiger partial charge < -0.3 is 0 Å². The zero-order chi connectivity index (χ0) is 8.27. The van der Waals surface area contributed by atoms with Crippen LogP contribution in [0.2, 0.25) is 0 Å². The number of rotatable bonds is 2. The summed E-state index contributed by atoms with van der Waals surface area (Å²) in [5, 5.41) is 0. The molecule has 0 bridgehead atoms. The highest BCUT2D eigenvalue weighted by Crippen LogP contribution is 2.08. The molecule has 60 valence electrons. The molecule has 0 saturated heterocycles. The van der Waals surface area contributed by atoms with Gasteiger partial charge in [0.05, 0.1) is 0 Å². The minimum Gasteiger partial charge on any atom is -0.276 e. The average Bonchev–Trinajstić information content (AvgIpc) is 2.03. The summed E-state index contributed by atoms with van der Waals surface area (Å²) in [5.41, 5.74) is 1.25. The Morgan fingerprint density at radius 1 is 1.45 bits per heavy atom. The Bertz CT molecular complexity index is 268. The molecular formula is C9H13NS. The number of benzene rings is 1. The fraction of sp³-hybridized carbons (Fsp3) is 0.333. The fourth-order valence-electron chi connectivity index (χ4n) is 0.935. The molecule has 1 unspecified atom stereocenters. The first kappa shape index (κ1) is 8.47. The van der Waals surface area contributed by atoms with Gasteiger partial charge in [-0.05, 0) is 24.6 Å². The van der Waals surface area contributed by atoms with Crippen LogP contribution in [-0.4, -0.2) is 5.75 Å². The first-order valence-corrected chi connectivity index (χ1v) is 5.12. The second-order valence-corrected chi connectivity index (χ2v) is 4.33. The van der Waals surface area contributed by atoms with Crippen molar-refractivity contribution in [3.8, 4) is 0 Å². The summed E-state index contributed by atoms with van der Waals surface area (Å²) >= 11 is 0. The Morgan fingerprint density at radius 3 is 2.73 bits per heavy atom. The van der Waals surface area contributed by atoms with Crippen LogP contribution in [-0.2, 0) is 10.7 Å². The van der Waals surface area contributed by atoms with Gasteiger partial charge in [-0.25, -0.2) is 0 Å². The van der Waals surface area contributed by atoms with Crippen LogP contribution in [0.5, 0.6) is 0 Å². The largest absolute Gasteiger partial charge is 0.276 e. The molecule has 0 spiro atoms. The molecule has 1 rings (SSSR count). The molecule has 1 aromatic carbocycles. The summed E-state index contributed by atoms with van der Waals surface area (Å²) < 4.78 is 7.69. The lowest BCUT2D eigenvalue weighted by atomic mass is 10.2. The SMILES string of the molecule is CCS(=N)c1cccc(C)c1. The van der Waals surface area contributed by atoms with Crippen molar-refractivity contribution in [1.82, 2.24) is 0 Å². The lowest BCUT2D eigenvalue weighted by molar-refractivity contribution is 1.33. The van der Waals surface area contributed by atoms with Gasteiger partial charge in [-0.1, -0.05) is 29.7 Å². The van der Waals surface area contributed by atoms with Crippen LogP contribution >= 0.6 is 0 Å². The van der Waals surface area contributed by atoms with Crippen molar-refractivity contribution in [2.45, 2.75) is 18.7 Å². The molecule has 1 atom stereocenters. The van der Waals surface area contributed by atoms with Crippen LogP contribution in [0.3, 0.4) is 0 Å². The standard InChI is InChI=1S/C9H13NS/c1-3-11(10)9-6-4-5-8(2)7-9/h4-7,10H,3H2,1-2H3. The van der Waals surface area contributed by atoms with Crippen molar-refractivity contribution < 1.29 is 0 Å². The van der Waals surface area contributed by atoms with Gasteiger partial charge in [0.1, 0.15) is 0 Å². The number of aryl methyl sites for hydroxylation is 1. The molecular weight excluding hydrogens is 154 g/mol. The third-order valence-corrected chi connectivity index (χ3v) is 2.96. The van der Waals surface area contributed by atoms with Crippen LogP contribution < -0.4 is 0 Å². The van der Waals surface area contributed by atoms with E-state index >= 15 is 0 Å². The molecule has 0 saturated carbocycles. The van der Waals surface area contributed by atoms with E-state index in [0.29, 0.717) is 0 Å². The molecule has 0 aliphatic rings. The maximum absolute atomic E-state index is 7.69. The van der Waals surface area contributed by atoms with E-state index in [4.69, 9.17) is 4.78 Å². The van der Waals surface area contributed by atoms with Gasteiger partial charge in [0.15, 0.2) is 0 Å². The Kier molecular flexibility index (Phi) is 2.83. The molecule has 1 aromatic rings. The number of hydrogen-bond donors (Lipinski definition) is 1. The zero-order valence-electron chi connectivity index (χ0n) is 6.92. The summed E-state index contributed by atoms with van der Waals surface area (Å²) in [6, 6.07) is 8.22. The van der Waals surface area contributed by atoms with Crippen molar-refractivity contribution in [3.63, 3.8) is 0 Å². The predicted molar refractivity (Wildman–Crippen MR) is 50.1 cm³/mol. The Labute approximate surface area is 70.3 Å². The van der Waals surface area contributed by atoms with Crippen LogP contribution in [0.4, 0.5) is 0 Å². The molecule has 0 amide bonds. The third kappa shape index (κ3) is 2.15. The molecule has 0 aliphatic carbocycles. The van der Waals surface area contributed by atoms with Crippen LogP contribution in [0, 0.1) is 11.7 Å². The van der Waals surface area contributed by atoms with E-state index in [2.05, 4.69) is 26.0 Å². The van der Waals surface area contributed by atoms with Crippen LogP contribution in [0.15, 0.2) is 29.2 Å². The van der Waals surface area contributed by atoms with Gasteiger partial charge in [0, 0.05) is 10.6 Å². The lowest BCUT2D eigenvalue weighted by Crippen LogP contribution is -1.91. The smallest absolute Gasteiger partial charge is 0.0184 e. The highest BCUT2D eigenvalue weighted by molar-refractivity contribution is 7.86. The summed E-state index contributed by atoms with van der Waals surface area (Å²) in [5.74, 6) is 0.920. The fourth-order valence-corrected chi connectivity index (χ4v) is 1.84. The van der Waals surface area contributed by atoms with E-state index in [1.165, 1.54) is 5.56 Å². The van der Waals surface area contributed by atoms with Crippen molar-refractivity contribution in [1.29, 1.82) is 4.78 Å². The number of nitrogens with one attached hydrogen (secondary N) is 1. The molecule has 0 aromatic heterocycles. The van der Waals surface area contributed by atoms with Gasteiger partial charge in [-0.3, -0.25) is 4.78 Å². The summed E-state index contributed by atoms with van der Waals surface area (Å²) in [6.45, 7) is 4.12. The molecule has 0 fully saturated rings. The second kappa shape index (κ2) is 3.67. The summed E-state index contributed by atoms with van der Waals surface area (Å²) in [7, 11) is -0.301. The molecule has 1 nitrogen and oxygen atoms in total. The van der Waals surface area contributed by atoms with E-state index in [1.807, 2.05) is 12.1 Å². The maximum Gasteiger partial charge on any atom is 0.0184 e. The molecule has 2 heteroatoms. The zero-order valence-corrected chi connectivity index (χ0v) is 7.74. The van der Waals surface area contributed by atoms with E-state index in [0.717, 1.165) is 10.6 Å². The Balaban J connectivity index is 2.96. The van der Waals surface area contributed by atoms with Crippen molar-refractivity contribution in [2.24, 2.45) is 0 Å². The quantitative estimate of drug-likeness (QED) is 0.700. The third-order valence-electron chi connectivity index (χ3n) is 1.56. The topological polar surface area (TPSA) is 23.9 Å². The van der Waals surface area contributed by atoms with Crippen molar-refractivity contribution in [2.75, 3.05) is 5.75 Å².